The van der Waals surface area contributed by atoms with Gasteiger partial charge in [-0.15, -0.1) is 0 Å². The first kappa shape index (κ1) is 14.7. The van der Waals surface area contributed by atoms with Crippen LogP contribution in [-0.2, 0) is 6.42 Å². The van der Waals surface area contributed by atoms with Crippen LogP contribution in [0.2, 0.25) is 0 Å². The minimum Gasteiger partial charge on any atom is -0.493 e. The molecule has 0 spiro atoms. The maximum Gasteiger partial charge on any atom is 0.513 e. The summed E-state index contributed by atoms with van der Waals surface area (Å²) < 4.78 is 62.7. The predicted octanol–water partition coefficient (Wildman–Crippen LogP) is 3.26. The SMILES string of the molecule is Fc1ccc2c(c1)CC(COc1ccccc1[B-](F)(F)F)O2. The maximum atomic E-state index is 13.1. The molecule has 0 saturated heterocycles. The molecule has 116 valence electrons. The van der Waals surface area contributed by atoms with Gasteiger partial charge >= 0.3 is 6.98 Å². The molecule has 1 aliphatic rings. The second-order valence-corrected chi connectivity index (χ2v) is 5.12. The van der Waals surface area contributed by atoms with Crippen molar-refractivity contribution in [3.63, 3.8) is 0 Å². The Balaban J connectivity index is 1.68. The van der Waals surface area contributed by atoms with Gasteiger partial charge in [-0.3, -0.25) is 0 Å². The van der Waals surface area contributed by atoms with E-state index >= 15 is 0 Å². The fourth-order valence-corrected chi connectivity index (χ4v) is 2.45. The van der Waals surface area contributed by atoms with Crippen LogP contribution < -0.4 is 14.9 Å². The van der Waals surface area contributed by atoms with Crippen LogP contribution in [0.25, 0.3) is 0 Å². The molecule has 1 aliphatic heterocycles. The molecular weight excluding hydrogens is 299 g/mol. The van der Waals surface area contributed by atoms with Crippen molar-refractivity contribution in [3.05, 3.63) is 53.8 Å². The number of hydrogen-bond acceptors (Lipinski definition) is 2. The van der Waals surface area contributed by atoms with Crippen LogP contribution in [0.3, 0.4) is 0 Å². The normalized spacial score (nSPS) is 17.0. The third-order valence-electron chi connectivity index (χ3n) is 3.46. The van der Waals surface area contributed by atoms with E-state index in [2.05, 4.69) is 0 Å². The van der Waals surface area contributed by atoms with E-state index in [1.807, 2.05) is 0 Å². The highest BCUT2D eigenvalue weighted by atomic mass is 19.4. The zero-order valence-corrected chi connectivity index (χ0v) is 11.4. The van der Waals surface area contributed by atoms with E-state index in [0.29, 0.717) is 17.7 Å². The predicted molar refractivity (Wildman–Crippen MR) is 75.2 cm³/mol. The lowest BCUT2D eigenvalue weighted by molar-refractivity contribution is 0.149. The smallest absolute Gasteiger partial charge is 0.493 e. The lowest BCUT2D eigenvalue weighted by Crippen LogP contribution is -2.36. The van der Waals surface area contributed by atoms with Crippen LogP contribution in [0.4, 0.5) is 17.3 Å². The Hall–Kier alpha value is -2.18. The molecule has 22 heavy (non-hydrogen) atoms. The van der Waals surface area contributed by atoms with E-state index in [1.54, 1.807) is 0 Å². The van der Waals surface area contributed by atoms with Crippen LogP contribution in [0.15, 0.2) is 42.5 Å². The van der Waals surface area contributed by atoms with Gasteiger partial charge in [-0.25, -0.2) is 4.39 Å². The van der Waals surface area contributed by atoms with Gasteiger partial charge in [-0.05, 0) is 24.3 Å². The van der Waals surface area contributed by atoms with Gasteiger partial charge in [0.2, 0.25) is 0 Å². The van der Waals surface area contributed by atoms with Crippen LogP contribution in [-0.4, -0.2) is 19.7 Å². The van der Waals surface area contributed by atoms with E-state index in [9.17, 15) is 17.3 Å². The number of para-hydroxylation sites is 1. The molecule has 7 heteroatoms. The maximum absolute atomic E-state index is 13.1. The zero-order chi connectivity index (χ0) is 15.7. The molecule has 1 atom stereocenters. The van der Waals surface area contributed by atoms with Crippen LogP contribution >= 0.6 is 0 Å². The highest BCUT2D eigenvalue weighted by Gasteiger charge is 2.30. The molecule has 2 nitrogen and oxygen atoms in total. The van der Waals surface area contributed by atoms with Gasteiger partial charge in [0.05, 0.1) is 5.75 Å². The summed E-state index contributed by atoms with van der Waals surface area (Å²) in [5.41, 5.74) is -0.0639. The first-order chi connectivity index (χ1) is 10.4. The molecule has 0 N–H and O–H groups in total. The van der Waals surface area contributed by atoms with Gasteiger partial charge in [0.15, 0.2) is 0 Å². The van der Waals surface area contributed by atoms with Gasteiger partial charge in [0.1, 0.15) is 24.3 Å². The molecule has 2 aromatic rings. The molecule has 1 unspecified atom stereocenters. The van der Waals surface area contributed by atoms with Crippen molar-refractivity contribution < 1.29 is 26.8 Å². The first-order valence-electron chi connectivity index (χ1n) is 6.80. The Bertz CT molecular complexity index is 687. The van der Waals surface area contributed by atoms with Gasteiger partial charge in [0, 0.05) is 12.0 Å². The number of fused-ring (bicyclic) bond motifs is 1. The van der Waals surface area contributed by atoms with Crippen molar-refractivity contribution in [2.24, 2.45) is 0 Å². The summed E-state index contributed by atoms with van der Waals surface area (Å²) in [5.74, 6) is -0.0295. The molecule has 0 fully saturated rings. The van der Waals surface area contributed by atoms with Crippen molar-refractivity contribution in [2.75, 3.05) is 6.61 Å². The Morgan fingerprint density at radius 1 is 1.14 bits per heavy atom. The standard InChI is InChI=1S/C15H12BF4O2/c17-11-5-6-14-10(7-11)8-12(22-14)9-21-15-4-2-1-3-13(15)16(18,19)20/h1-7,12H,8-9H2/q-1. The largest absolute Gasteiger partial charge is 0.513 e. The molecule has 0 radical (unpaired) electrons. The minimum absolute atomic E-state index is 0.0283. The van der Waals surface area contributed by atoms with Gasteiger partial charge in [0.25, 0.3) is 0 Å². The average Bonchev–Trinajstić information content (AvgIpc) is 2.86. The molecule has 0 saturated carbocycles. The topological polar surface area (TPSA) is 18.5 Å². The molecular formula is C15H12BF4O2-. The van der Waals surface area contributed by atoms with E-state index in [1.165, 1.54) is 36.4 Å². The highest BCUT2D eigenvalue weighted by Crippen LogP contribution is 2.29. The Kier molecular flexibility index (Phi) is 3.72. The number of hydrogen-bond donors (Lipinski definition) is 0. The summed E-state index contributed by atoms with van der Waals surface area (Å²) in [6.07, 6.45) is -0.0162. The molecule has 0 aliphatic carbocycles. The highest BCUT2D eigenvalue weighted by molar-refractivity contribution is 6.74. The quantitative estimate of drug-likeness (QED) is 0.637. The number of rotatable bonds is 4. The summed E-state index contributed by atoms with van der Waals surface area (Å²) in [4.78, 5) is 0. The van der Waals surface area contributed by atoms with Crippen LogP contribution in [0.1, 0.15) is 5.56 Å². The van der Waals surface area contributed by atoms with Crippen molar-refractivity contribution >= 4 is 12.4 Å². The third kappa shape index (κ3) is 3.03. The molecule has 0 aromatic heterocycles. The Morgan fingerprint density at radius 3 is 2.68 bits per heavy atom. The third-order valence-corrected chi connectivity index (χ3v) is 3.46. The monoisotopic (exact) mass is 311 g/mol. The van der Waals surface area contributed by atoms with Crippen molar-refractivity contribution in [1.29, 1.82) is 0 Å². The first-order valence-corrected chi connectivity index (χ1v) is 6.80. The summed E-state index contributed by atoms with van der Waals surface area (Å²) >= 11 is 0. The average molecular weight is 311 g/mol. The number of benzene rings is 2. The fourth-order valence-electron chi connectivity index (χ4n) is 2.45. The van der Waals surface area contributed by atoms with Gasteiger partial charge in [-0.2, -0.15) is 0 Å². The van der Waals surface area contributed by atoms with Crippen molar-refractivity contribution in [1.82, 2.24) is 0 Å². The van der Waals surface area contributed by atoms with Crippen LogP contribution in [0, 0.1) is 5.82 Å². The van der Waals surface area contributed by atoms with Gasteiger partial charge in [-0.1, -0.05) is 23.7 Å². The summed E-state index contributed by atoms with van der Waals surface area (Å²) in [6.45, 7) is -5.16. The van der Waals surface area contributed by atoms with Crippen molar-refractivity contribution in [2.45, 2.75) is 12.5 Å². The lowest BCUT2D eigenvalue weighted by atomic mass is 9.79. The lowest BCUT2D eigenvalue weighted by Gasteiger charge is -2.21. The summed E-state index contributed by atoms with van der Waals surface area (Å²) in [7, 11) is 0. The molecule has 3 rings (SSSR count). The molecule has 0 amide bonds. The molecule has 1 heterocycles. The zero-order valence-electron chi connectivity index (χ0n) is 11.4. The van der Waals surface area contributed by atoms with Crippen LogP contribution in [0.5, 0.6) is 11.5 Å². The molecule has 0 bridgehead atoms. The van der Waals surface area contributed by atoms with E-state index in [4.69, 9.17) is 9.47 Å². The Labute approximate surface area is 124 Å². The second-order valence-electron chi connectivity index (χ2n) is 5.12. The second kappa shape index (κ2) is 5.55. The van der Waals surface area contributed by atoms with Crippen molar-refractivity contribution in [3.8, 4) is 11.5 Å². The number of ether oxygens (including phenoxy) is 2. The minimum atomic E-state index is -5.13. The van der Waals surface area contributed by atoms with E-state index < -0.39 is 18.5 Å². The van der Waals surface area contributed by atoms with E-state index in [-0.39, 0.29) is 18.2 Å². The van der Waals surface area contributed by atoms with E-state index in [0.717, 1.165) is 6.07 Å². The summed E-state index contributed by atoms with van der Waals surface area (Å²) in [6, 6.07) is 9.24. The number of halogens is 4. The molecule has 2 aromatic carbocycles. The Morgan fingerprint density at radius 2 is 1.91 bits per heavy atom. The van der Waals surface area contributed by atoms with Gasteiger partial charge < -0.3 is 22.4 Å². The summed E-state index contributed by atoms with van der Waals surface area (Å²) in [5, 5.41) is 0. The fraction of sp³-hybridized carbons (Fsp3) is 0.200.